The number of fused-ring (bicyclic) bond motifs is 1. The molecule has 112 valence electrons. The van der Waals surface area contributed by atoms with Crippen molar-refractivity contribution >= 4 is 16.9 Å². The van der Waals surface area contributed by atoms with E-state index in [1.54, 1.807) is 17.6 Å². The van der Waals surface area contributed by atoms with Crippen LogP contribution in [0.3, 0.4) is 0 Å². The molecule has 1 aromatic heterocycles. The molecule has 21 heavy (non-hydrogen) atoms. The number of rotatable bonds is 4. The molecule has 0 atom stereocenters. The number of pyridine rings is 1. The third-order valence-corrected chi connectivity index (χ3v) is 3.10. The normalized spacial score (nSPS) is 11.1. The van der Waals surface area contributed by atoms with E-state index < -0.39 is 17.2 Å². The molecule has 0 unspecified atom stereocenters. The van der Waals surface area contributed by atoms with Crippen LogP contribution in [0.15, 0.2) is 29.2 Å². The van der Waals surface area contributed by atoms with Crippen LogP contribution in [0.2, 0.25) is 0 Å². The summed E-state index contributed by atoms with van der Waals surface area (Å²) in [6.45, 7) is 6.53. The van der Waals surface area contributed by atoms with Gasteiger partial charge >= 0.3 is 5.97 Å². The zero-order valence-corrected chi connectivity index (χ0v) is 12.4. The van der Waals surface area contributed by atoms with Crippen LogP contribution in [0, 0.1) is 11.7 Å². The average Bonchev–Trinajstić information content (AvgIpc) is 2.41. The minimum Gasteiger partial charge on any atom is -0.462 e. The van der Waals surface area contributed by atoms with Gasteiger partial charge in [0, 0.05) is 18.1 Å². The third-order valence-electron chi connectivity index (χ3n) is 3.10. The fraction of sp³-hybridized carbons (Fsp3) is 0.375. The van der Waals surface area contributed by atoms with Crippen LogP contribution < -0.4 is 5.43 Å². The molecular weight excluding hydrogens is 273 g/mol. The van der Waals surface area contributed by atoms with Crippen LogP contribution in [-0.4, -0.2) is 17.1 Å². The number of benzene rings is 1. The summed E-state index contributed by atoms with van der Waals surface area (Å²) in [7, 11) is 0. The Bertz CT molecular complexity index is 734. The monoisotopic (exact) mass is 291 g/mol. The SMILES string of the molecule is CCOC(=O)c1cn(CC(C)C)c2ccc(F)cc2c1=O. The molecule has 2 aromatic rings. The molecule has 0 N–H and O–H groups in total. The summed E-state index contributed by atoms with van der Waals surface area (Å²) in [5.41, 5.74) is 0.0571. The van der Waals surface area contributed by atoms with Gasteiger partial charge in [0.2, 0.25) is 5.43 Å². The van der Waals surface area contributed by atoms with E-state index in [1.807, 2.05) is 13.8 Å². The molecule has 0 radical (unpaired) electrons. The fourth-order valence-electron chi connectivity index (χ4n) is 2.27. The quantitative estimate of drug-likeness (QED) is 0.814. The van der Waals surface area contributed by atoms with Crippen LogP contribution in [0.1, 0.15) is 31.1 Å². The van der Waals surface area contributed by atoms with E-state index >= 15 is 0 Å². The molecule has 1 heterocycles. The van der Waals surface area contributed by atoms with Gasteiger partial charge in [-0.1, -0.05) is 13.8 Å². The Hall–Kier alpha value is -2.17. The van der Waals surface area contributed by atoms with Gasteiger partial charge in [-0.15, -0.1) is 0 Å². The zero-order valence-electron chi connectivity index (χ0n) is 12.4. The molecule has 4 nitrogen and oxygen atoms in total. The highest BCUT2D eigenvalue weighted by molar-refractivity contribution is 5.93. The molecular formula is C16H18FNO3. The second-order valence-electron chi connectivity index (χ2n) is 5.30. The number of halogens is 1. The first-order chi connectivity index (χ1) is 9.93. The summed E-state index contributed by atoms with van der Waals surface area (Å²) >= 11 is 0. The van der Waals surface area contributed by atoms with Crippen molar-refractivity contribution in [1.82, 2.24) is 4.57 Å². The summed E-state index contributed by atoms with van der Waals surface area (Å²) in [5.74, 6) is -0.862. The molecule has 0 saturated heterocycles. The first kappa shape index (κ1) is 15.2. The number of carbonyl (C=O) groups is 1. The minimum atomic E-state index is -0.675. The van der Waals surface area contributed by atoms with Crippen molar-refractivity contribution in [2.75, 3.05) is 6.61 Å². The summed E-state index contributed by atoms with van der Waals surface area (Å²) in [6.07, 6.45) is 1.50. The van der Waals surface area contributed by atoms with E-state index in [2.05, 4.69) is 0 Å². The second kappa shape index (κ2) is 6.08. The van der Waals surface area contributed by atoms with E-state index in [0.717, 1.165) is 6.07 Å². The van der Waals surface area contributed by atoms with Crippen molar-refractivity contribution in [2.24, 2.45) is 5.92 Å². The van der Waals surface area contributed by atoms with Gasteiger partial charge in [-0.25, -0.2) is 9.18 Å². The van der Waals surface area contributed by atoms with Crippen LogP contribution >= 0.6 is 0 Å². The van der Waals surface area contributed by atoms with Crippen LogP contribution in [0.4, 0.5) is 4.39 Å². The number of nitrogens with zero attached hydrogens (tertiary/aromatic N) is 1. The zero-order chi connectivity index (χ0) is 15.6. The molecule has 0 amide bonds. The lowest BCUT2D eigenvalue weighted by Gasteiger charge is -2.15. The first-order valence-electron chi connectivity index (χ1n) is 6.93. The maximum atomic E-state index is 13.4. The highest BCUT2D eigenvalue weighted by Gasteiger charge is 2.17. The third kappa shape index (κ3) is 3.12. The van der Waals surface area contributed by atoms with Gasteiger partial charge in [-0.05, 0) is 31.0 Å². The Labute approximate surface area is 122 Å². The fourth-order valence-corrected chi connectivity index (χ4v) is 2.27. The lowest BCUT2D eigenvalue weighted by atomic mass is 10.1. The maximum absolute atomic E-state index is 13.4. The lowest BCUT2D eigenvalue weighted by molar-refractivity contribution is 0.0524. The molecule has 2 rings (SSSR count). The maximum Gasteiger partial charge on any atom is 0.343 e. The van der Waals surface area contributed by atoms with E-state index in [-0.39, 0.29) is 17.6 Å². The van der Waals surface area contributed by atoms with E-state index in [9.17, 15) is 14.0 Å². The molecule has 0 aliphatic carbocycles. The number of hydrogen-bond acceptors (Lipinski definition) is 3. The van der Waals surface area contributed by atoms with Crippen molar-refractivity contribution in [3.63, 3.8) is 0 Å². The average molecular weight is 291 g/mol. The minimum absolute atomic E-state index is 0.0596. The first-order valence-corrected chi connectivity index (χ1v) is 6.93. The molecule has 0 spiro atoms. The molecule has 5 heteroatoms. The van der Waals surface area contributed by atoms with Gasteiger partial charge in [0.25, 0.3) is 0 Å². The van der Waals surface area contributed by atoms with Gasteiger partial charge in [0.05, 0.1) is 12.1 Å². The predicted molar refractivity (Wildman–Crippen MR) is 79.0 cm³/mol. The van der Waals surface area contributed by atoms with E-state index in [1.165, 1.54) is 12.3 Å². The number of carbonyl (C=O) groups excluding carboxylic acids is 1. The molecule has 0 bridgehead atoms. The van der Waals surface area contributed by atoms with Gasteiger partial charge < -0.3 is 9.30 Å². The van der Waals surface area contributed by atoms with Crippen LogP contribution in [0.25, 0.3) is 10.9 Å². The standard InChI is InChI=1S/C16H18FNO3/c1-4-21-16(20)13-9-18(8-10(2)3)14-6-5-11(17)7-12(14)15(13)19/h5-7,9-10H,4,8H2,1-3H3. The molecule has 0 aliphatic heterocycles. The second-order valence-corrected chi connectivity index (χ2v) is 5.30. The Morgan fingerprint density at radius 3 is 2.71 bits per heavy atom. The highest BCUT2D eigenvalue weighted by atomic mass is 19.1. The van der Waals surface area contributed by atoms with Crippen molar-refractivity contribution in [1.29, 1.82) is 0 Å². The summed E-state index contributed by atoms with van der Waals surface area (Å²) < 4.78 is 20.1. The summed E-state index contributed by atoms with van der Waals surface area (Å²) in [5, 5.41) is 0.196. The van der Waals surface area contributed by atoms with Gasteiger partial charge in [0.15, 0.2) is 0 Å². The van der Waals surface area contributed by atoms with E-state index in [0.29, 0.717) is 18.0 Å². The lowest BCUT2D eigenvalue weighted by Crippen LogP contribution is -2.22. The smallest absolute Gasteiger partial charge is 0.343 e. The van der Waals surface area contributed by atoms with Crippen LogP contribution in [0.5, 0.6) is 0 Å². The topological polar surface area (TPSA) is 48.3 Å². The Balaban J connectivity index is 2.73. The Kier molecular flexibility index (Phi) is 4.40. The van der Waals surface area contributed by atoms with Crippen molar-refractivity contribution in [3.05, 3.63) is 46.0 Å². The predicted octanol–water partition coefficient (Wildman–Crippen LogP) is 2.97. The molecule has 1 aromatic carbocycles. The van der Waals surface area contributed by atoms with Crippen molar-refractivity contribution < 1.29 is 13.9 Å². The summed E-state index contributed by atoms with van der Waals surface area (Å²) in [6, 6.07) is 4.03. The van der Waals surface area contributed by atoms with Gasteiger partial charge in [-0.2, -0.15) is 0 Å². The highest BCUT2D eigenvalue weighted by Crippen LogP contribution is 2.16. The number of aromatic nitrogens is 1. The van der Waals surface area contributed by atoms with Crippen molar-refractivity contribution in [3.8, 4) is 0 Å². The number of esters is 1. The van der Waals surface area contributed by atoms with Crippen LogP contribution in [-0.2, 0) is 11.3 Å². The van der Waals surface area contributed by atoms with Gasteiger partial charge in [-0.3, -0.25) is 4.79 Å². The summed E-state index contributed by atoms with van der Waals surface area (Å²) in [4.78, 5) is 24.3. The number of hydrogen-bond donors (Lipinski definition) is 0. The van der Waals surface area contributed by atoms with Gasteiger partial charge in [0.1, 0.15) is 11.4 Å². The molecule has 0 saturated carbocycles. The van der Waals surface area contributed by atoms with Crippen molar-refractivity contribution in [2.45, 2.75) is 27.3 Å². The largest absolute Gasteiger partial charge is 0.462 e. The van der Waals surface area contributed by atoms with E-state index in [4.69, 9.17) is 4.74 Å². The molecule has 0 fully saturated rings. The Morgan fingerprint density at radius 1 is 1.38 bits per heavy atom. The molecule has 0 aliphatic rings. The Morgan fingerprint density at radius 2 is 2.10 bits per heavy atom. The number of ether oxygens (including phenoxy) is 1.